The van der Waals surface area contributed by atoms with E-state index in [9.17, 15) is 4.79 Å². The number of hydrogen-bond acceptors (Lipinski definition) is 3. The minimum absolute atomic E-state index is 0.108. The van der Waals surface area contributed by atoms with Crippen molar-refractivity contribution < 1.29 is 9.53 Å². The van der Waals surface area contributed by atoms with Gasteiger partial charge in [-0.2, -0.15) is 5.10 Å². The Hall–Kier alpha value is -1.56. The number of morpholine rings is 1. The standard InChI is InChI=1S/C17H19Cl2N3O2/c1-12-9-20-22(10-12)5-4-17(23)21-6-7-24-16(11-21)13-2-3-14(18)15(19)8-13/h2-3,8-10,16H,4-7,11H2,1H3/t16-/m0/s1. The second-order valence-corrected chi connectivity index (χ2v) is 6.72. The molecule has 1 atom stereocenters. The van der Waals surface area contributed by atoms with Crippen LogP contribution >= 0.6 is 23.2 Å². The van der Waals surface area contributed by atoms with Gasteiger partial charge in [0.15, 0.2) is 0 Å². The molecule has 0 aliphatic carbocycles. The number of aryl methyl sites for hydroxylation is 2. The third-order valence-electron chi connectivity index (χ3n) is 4.05. The normalized spacial score (nSPS) is 18.0. The molecule has 24 heavy (non-hydrogen) atoms. The zero-order valence-electron chi connectivity index (χ0n) is 13.4. The zero-order valence-corrected chi connectivity index (χ0v) is 14.9. The van der Waals surface area contributed by atoms with Crippen LogP contribution in [0.25, 0.3) is 0 Å². The van der Waals surface area contributed by atoms with Crippen molar-refractivity contribution in [3.63, 3.8) is 0 Å². The Morgan fingerprint density at radius 2 is 2.21 bits per heavy atom. The quantitative estimate of drug-likeness (QED) is 0.830. The summed E-state index contributed by atoms with van der Waals surface area (Å²) in [6.45, 7) is 4.21. The van der Waals surface area contributed by atoms with Crippen LogP contribution in [0.15, 0.2) is 30.6 Å². The summed E-state index contributed by atoms with van der Waals surface area (Å²) in [4.78, 5) is 14.3. The van der Waals surface area contributed by atoms with Crippen molar-refractivity contribution in [2.24, 2.45) is 0 Å². The number of aromatic nitrogens is 2. The largest absolute Gasteiger partial charge is 0.370 e. The number of carbonyl (C=O) groups excluding carboxylic acids is 1. The Labute approximate surface area is 151 Å². The van der Waals surface area contributed by atoms with Crippen LogP contribution in [0.1, 0.15) is 23.7 Å². The highest BCUT2D eigenvalue weighted by Crippen LogP contribution is 2.29. The van der Waals surface area contributed by atoms with Gasteiger partial charge in [-0.3, -0.25) is 9.48 Å². The van der Waals surface area contributed by atoms with E-state index in [1.54, 1.807) is 23.0 Å². The Balaban J connectivity index is 1.60. The van der Waals surface area contributed by atoms with Gasteiger partial charge in [0.25, 0.3) is 0 Å². The molecular formula is C17H19Cl2N3O2. The predicted molar refractivity (Wildman–Crippen MR) is 93.3 cm³/mol. The van der Waals surface area contributed by atoms with E-state index in [-0.39, 0.29) is 12.0 Å². The third kappa shape index (κ3) is 4.09. The molecule has 3 rings (SSSR count). The summed E-state index contributed by atoms with van der Waals surface area (Å²) in [5.74, 6) is 0.108. The van der Waals surface area contributed by atoms with Gasteiger partial charge in [0.05, 0.1) is 29.4 Å². The van der Waals surface area contributed by atoms with Gasteiger partial charge in [-0.25, -0.2) is 0 Å². The van der Waals surface area contributed by atoms with Crippen molar-refractivity contribution in [2.45, 2.75) is 26.0 Å². The van der Waals surface area contributed by atoms with E-state index in [1.165, 1.54) is 0 Å². The highest BCUT2D eigenvalue weighted by Gasteiger charge is 2.25. The SMILES string of the molecule is Cc1cnn(CCC(=O)N2CCO[C@H](c3ccc(Cl)c(Cl)c3)C2)c1. The number of nitrogens with zero attached hydrogens (tertiary/aromatic N) is 3. The maximum atomic E-state index is 12.5. The molecule has 1 aromatic heterocycles. The van der Waals surface area contributed by atoms with Crippen LogP contribution in [0.3, 0.4) is 0 Å². The molecule has 0 N–H and O–H groups in total. The first kappa shape index (κ1) is 17.3. The monoisotopic (exact) mass is 367 g/mol. The number of ether oxygens (including phenoxy) is 1. The average molecular weight is 368 g/mol. The van der Waals surface area contributed by atoms with E-state index in [2.05, 4.69) is 5.10 Å². The number of hydrogen-bond donors (Lipinski definition) is 0. The van der Waals surface area contributed by atoms with E-state index in [0.717, 1.165) is 11.1 Å². The van der Waals surface area contributed by atoms with Gasteiger partial charge in [0.2, 0.25) is 5.91 Å². The van der Waals surface area contributed by atoms with Crippen LogP contribution in [0.4, 0.5) is 0 Å². The van der Waals surface area contributed by atoms with Crippen molar-refractivity contribution in [3.8, 4) is 0 Å². The molecule has 128 valence electrons. The van der Waals surface area contributed by atoms with Crippen molar-refractivity contribution in [1.29, 1.82) is 0 Å². The molecule has 0 spiro atoms. The van der Waals surface area contributed by atoms with E-state index in [0.29, 0.717) is 42.7 Å². The molecule has 0 saturated carbocycles. The minimum atomic E-state index is -0.176. The van der Waals surface area contributed by atoms with Gasteiger partial charge in [0, 0.05) is 25.7 Å². The lowest BCUT2D eigenvalue weighted by Crippen LogP contribution is -2.42. The molecule has 2 heterocycles. The van der Waals surface area contributed by atoms with Crippen LogP contribution in [0, 0.1) is 6.92 Å². The van der Waals surface area contributed by atoms with Crippen molar-refractivity contribution in [2.75, 3.05) is 19.7 Å². The van der Waals surface area contributed by atoms with Gasteiger partial charge < -0.3 is 9.64 Å². The molecule has 0 bridgehead atoms. The van der Waals surface area contributed by atoms with Gasteiger partial charge in [-0.05, 0) is 30.2 Å². The fourth-order valence-corrected chi connectivity index (χ4v) is 3.05. The summed E-state index contributed by atoms with van der Waals surface area (Å²) in [7, 11) is 0. The molecule has 0 radical (unpaired) electrons. The van der Waals surface area contributed by atoms with Crippen molar-refractivity contribution in [3.05, 3.63) is 51.8 Å². The summed E-state index contributed by atoms with van der Waals surface area (Å²) >= 11 is 12.0. The zero-order chi connectivity index (χ0) is 17.1. The molecule has 7 heteroatoms. The lowest BCUT2D eigenvalue weighted by Gasteiger charge is -2.33. The first-order valence-electron chi connectivity index (χ1n) is 7.86. The van der Waals surface area contributed by atoms with E-state index in [4.69, 9.17) is 27.9 Å². The summed E-state index contributed by atoms with van der Waals surface area (Å²) in [6.07, 6.45) is 3.98. The van der Waals surface area contributed by atoms with Crippen molar-refractivity contribution in [1.82, 2.24) is 14.7 Å². The molecule has 2 aromatic rings. The third-order valence-corrected chi connectivity index (χ3v) is 4.79. The highest BCUT2D eigenvalue weighted by atomic mass is 35.5. The number of amides is 1. The lowest BCUT2D eigenvalue weighted by molar-refractivity contribution is -0.139. The molecule has 0 unspecified atom stereocenters. The summed E-state index contributed by atoms with van der Waals surface area (Å²) < 4.78 is 7.59. The Bertz CT molecular complexity index is 732. The first-order valence-corrected chi connectivity index (χ1v) is 8.62. The molecule has 1 aliphatic rings. The van der Waals surface area contributed by atoms with Crippen LogP contribution in [-0.4, -0.2) is 40.3 Å². The molecule has 5 nitrogen and oxygen atoms in total. The molecule has 1 saturated heterocycles. The number of rotatable bonds is 4. The smallest absolute Gasteiger partial charge is 0.224 e. The van der Waals surface area contributed by atoms with Crippen LogP contribution in [0.2, 0.25) is 10.0 Å². The summed E-state index contributed by atoms with van der Waals surface area (Å²) in [6, 6.07) is 5.44. The number of halogens is 2. The summed E-state index contributed by atoms with van der Waals surface area (Å²) in [5, 5.41) is 5.22. The molecule has 1 aromatic carbocycles. The van der Waals surface area contributed by atoms with Crippen LogP contribution in [-0.2, 0) is 16.1 Å². The predicted octanol–water partition coefficient (Wildman–Crippen LogP) is 3.49. The topological polar surface area (TPSA) is 47.4 Å². The summed E-state index contributed by atoms with van der Waals surface area (Å²) in [5.41, 5.74) is 2.03. The van der Waals surface area contributed by atoms with E-state index < -0.39 is 0 Å². The van der Waals surface area contributed by atoms with Crippen molar-refractivity contribution >= 4 is 29.1 Å². The second kappa shape index (κ2) is 7.55. The fraction of sp³-hybridized carbons (Fsp3) is 0.412. The molecule has 1 aliphatic heterocycles. The van der Waals surface area contributed by atoms with E-state index >= 15 is 0 Å². The van der Waals surface area contributed by atoms with Gasteiger partial charge in [-0.15, -0.1) is 0 Å². The van der Waals surface area contributed by atoms with Gasteiger partial charge >= 0.3 is 0 Å². The Morgan fingerprint density at radius 3 is 2.92 bits per heavy atom. The first-order chi connectivity index (χ1) is 11.5. The number of benzene rings is 1. The lowest BCUT2D eigenvalue weighted by atomic mass is 10.1. The van der Waals surface area contributed by atoms with Gasteiger partial charge in [0.1, 0.15) is 6.10 Å². The molecule has 1 amide bonds. The maximum Gasteiger partial charge on any atom is 0.224 e. The fourth-order valence-electron chi connectivity index (χ4n) is 2.75. The average Bonchev–Trinajstić information content (AvgIpc) is 3.00. The Kier molecular flexibility index (Phi) is 5.43. The van der Waals surface area contributed by atoms with Gasteiger partial charge in [-0.1, -0.05) is 29.3 Å². The number of carbonyl (C=O) groups is 1. The van der Waals surface area contributed by atoms with E-state index in [1.807, 2.05) is 24.1 Å². The van der Waals surface area contributed by atoms with Crippen LogP contribution in [0.5, 0.6) is 0 Å². The second-order valence-electron chi connectivity index (χ2n) is 5.90. The maximum absolute atomic E-state index is 12.5. The highest BCUT2D eigenvalue weighted by molar-refractivity contribution is 6.42. The molecular weight excluding hydrogens is 349 g/mol. The minimum Gasteiger partial charge on any atom is -0.370 e. The van der Waals surface area contributed by atoms with Crippen LogP contribution < -0.4 is 0 Å². The molecule has 1 fully saturated rings. The Morgan fingerprint density at radius 1 is 1.38 bits per heavy atom.